The molecule has 1 aromatic rings. The van der Waals surface area contributed by atoms with Crippen LogP contribution in [0.4, 0.5) is 0 Å². The first kappa shape index (κ1) is 13.4. The van der Waals surface area contributed by atoms with Crippen LogP contribution in [0.2, 0.25) is 0 Å². The number of hydrogen-bond donors (Lipinski definition) is 2. The molecule has 0 spiro atoms. The van der Waals surface area contributed by atoms with Gasteiger partial charge >= 0.3 is 7.12 Å². The van der Waals surface area contributed by atoms with Crippen LogP contribution in [0.5, 0.6) is 5.75 Å². The van der Waals surface area contributed by atoms with E-state index in [1.165, 1.54) is 0 Å². The molecule has 1 aliphatic rings. The maximum Gasteiger partial charge on any atom is 0.488 e. The van der Waals surface area contributed by atoms with Crippen molar-refractivity contribution in [2.24, 2.45) is 0 Å². The predicted molar refractivity (Wildman–Crippen MR) is 69.0 cm³/mol. The Bertz CT molecular complexity index is 369. The summed E-state index contributed by atoms with van der Waals surface area (Å²) in [6.45, 7) is 4.90. The first-order chi connectivity index (χ1) is 8.75. The van der Waals surface area contributed by atoms with Crippen LogP contribution in [-0.4, -0.2) is 61.5 Å². The number of rotatable bonds is 5. The van der Waals surface area contributed by atoms with E-state index >= 15 is 0 Å². The molecule has 2 N–H and O–H groups in total. The molecule has 18 heavy (non-hydrogen) atoms. The Balaban J connectivity index is 1.77. The van der Waals surface area contributed by atoms with Gasteiger partial charge in [-0.05, 0) is 17.6 Å². The molecule has 1 aromatic carbocycles. The van der Waals surface area contributed by atoms with Gasteiger partial charge in [0.25, 0.3) is 0 Å². The lowest BCUT2D eigenvalue weighted by Crippen LogP contribution is -2.38. The van der Waals surface area contributed by atoms with Crippen molar-refractivity contribution in [1.29, 1.82) is 0 Å². The lowest BCUT2D eigenvalue weighted by molar-refractivity contribution is 0.0322. The van der Waals surface area contributed by atoms with E-state index in [0.29, 0.717) is 17.8 Å². The van der Waals surface area contributed by atoms with Crippen molar-refractivity contribution in [1.82, 2.24) is 4.90 Å². The molecule has 0 unspecified atom stereocenters. The Morgan fingerprint density at radius 1 is 1.28 bits per heavy atom. The van der Waals surface area contributed by atoms with Crippen LogP contribution in [0, 0.1) is 0 Å². The van der Waals surface area contributed by atoms with E-state index in [1.807, 2.05) is 6.07 Å². The molecule has 0 aromatic heterocycles. The fraction of sp³-hybridized carbons (Fsp3) is 0.500. The summed E-state index contributed by atoms with van der Waals surface area (Å²) in [5.41, 5.74) is 0.443. The molecular formula is C12H18BNO4. The Kier molecular flexibility index (Phi) is 5.01. The summed E-state index contributed by atoms with van der Waals surface area (Å²) in [6, 6.07) is 6.85. The molecule has 0 atom stereocenters. The molecule has 2 rings (SSSR count). The van der Waals surface area contributed by atoms with Crippen LogP contribution in [0.15, 0.2) is 24.3 Å². The highest BCUT2D eigenvalue weighted by molar-refractivity contribution is 6.58. The van der Waals surface area contributed by atoms with Gasteiger partial charge in [0.2, 0.25) is 0 Å². The standard InChI is InChI=1S/C12H18BNO4/c15-13(16)11-2-1-3-12(10-11)18-9-6-14-4-7-17-8-5-14/h1-3,10,15-16H,4-9H2. The van der Waals surface area contributed by atoms with E-state index in [1.54, 1.807) is 18.2 Å². The summed E-state index contributed by atoms with van der Waals surface area (Å²) >= 11 is 0. The number of morpholine rings is 1. The molecule has 0 saturated carbocycles. The molecular weight excluding hydrogens is 233 g/mol. The summed E-state index contributed by atoms with van der Waals surface area (Å²) in [5, 5.41) is 18.1. The number of nitrogens with zero attached hydrogens (tertiary/aromatic N) is 1. The van der Waals surface area contributed by atoms with Crippen LogP contribution in [0.1, 0.15) is 0 Å². The SMILES string of the molecule is OB(O)c1cccc(OCCN2CCOCC2)c1. The van der Waals surface area contributed by atoms with Crippen LogP contribution in [0.25, 0.3) is 0 Å². The zero-order valence-electron chi connectivity index (χ0n) is 10.3. The van der Waals surface area contributed by atoms with Crippen LogP contribution >= 0.6 is 0 Å². The second kappa shape index (κ2) is 6.75. The summed E-state index contributed by atoms with van der Waals surface area (Å²) < 4.78 is 10.9. The number of benzene rings is 1. The third-order valence-corrected chi connectivity index (χ3v) is 2.94. The highest BCUT2D eigenvalue weighted by Crippen LogP contribution is 2.07. The highest BCUT2D eigenvalue weighted by atomic mass is 16.5. The van der Waals surface area contributed by atoms with Gasteiger partial charge in [0.15, 0.2) is 0 Å². The summed E-state index contributed by atoms with van der Waals surface area (Å²) in [4.78, 5) is 2.29. The zero-order chi connectivity index (χ0) is 12.8. The lowest BCUT2D eigenvalue weighted by atomic mass is 9.80. The van der Waals surface area contributed by atoms with E-state index in [0.717, 1.165) is 32.8 Å². The lowest BCUT2D eigenvalue weighted by Gasteiger charge is -2.26. The van der Waals surface area contributed by atoms with Gasteiger partial charge in [0, 0.05) is 19.6 Å². The Morgan fingerprint density at radius 2 is 2.06 bits per heavy atom. The van der Waals surface area contributed by atoms with Gasteiger partial charge in [-0.15, -0.1) is 0 Å². The molecule has 98 valence electrons. The molecule has 0 amide bonds. The average Bonchev–Trinajstić information content (AvgIpc) is 2.40. The molecule has 0 bridgehead atoms. The van der Waals surface area contributed by atoms with E-state index in [9.17, 15) is 0 Å². The van der Waals surface area contributed by atoms with Crippen molar-refractivity contribution in [3.63, 3.8) is 0 Å². The first-order valence-electron chi connectivity index (χ1n) is 6.15. The molecule has 0 radical (unpaired) electrons. The Labute approximate surface area is 107 Å². The first-order valence-corrected chi connectivity index (χ1v) is 6.15. The quantitative estimate of drug-likeness (QED) is 0.662. The number of hydrogen-bond acceptors (Lipinski definition) is 5. The van der Waals surface area contributed by atoms with Gasteiger partial charge in [-0.3, -0.25) is 4.90 Å². The minimum Gasteiger partial charge on any atom is -0.492 e. The van der Waals surface area contributed by atoms with E-state index in [4.69, 9.17) is 19.5 Å². The summed E-state index contributed by atoms with van der Waals surface area (Å²) in [6.07, 6.45) is 0. The third-order valence-electron chi connectivity index (χ3n) is 2.94. The zero-order valence-corrected chi connectivity index (χ0v) is 10.3. The predicted octanol–water partition coefficient (Wildman–Crippen LogP) is -0.923. The van der Waals surface area contributed by atoms with Gasteiger partial charge < -0.3 is 19.5 Å². The number of ether oxygens (including phenoxy) is 2. The van der Waals surface area contributed by atoms with Gasteiger partial charge in [0.1, 0.15) is 12.4 Å². The Hall–Kier alpha value is -1.08. The minimum absolute atomic E-state index is 0.443. The summed E-state index contributed by atoms with van der Waals surface area (Å²) in [5.74, 6) is 0.661. The van der Waals surface area contributed by atoms with Crippen molar-refractivity contribution < 1.29 is 19.5 Å². The fourth-order valence-electron chi connectivity index (χ4n) is 1.88. The topological polar surface area (TPSA) is 62.2 Å². The van der Waals surface area contributed by atoms with Crippen molar-refractivity contribution in [3.8, 4) is 5.75 Å². The molecule has 1 fully saturated rings. The maximum atomic E-state index is 9.06. The molecule has 1 aliphatic heterocycles. The van der Waals surface area contributed by atoms with E-state index < -0.39 is 7.12 Å². The maximum absolute atomic E-state index is 9.06. The van der Waals surface area contributed by atoms with Crippen molar-refractivity contribution in [3.05, 3.63) is 24.3 Å². The molecule has 5 nitrogen and oxygen atoms in total. The van der Waals surface area contributed by atoms with Crippen molar-refractivity contribution in [2.75, 3.05) is 39.5 Å². The largest absolute Gasteiger partial charge is 0.492 e. The van der Waals surface area contributed by atoms with Crippen molar-refractivity contribution >= 4 is 12.6 Å². The second-order valence-corrected chi connectivity index (χ2v) is 4.25. The Morgan fingerprint density at radius 3 is 2.78 bits per heavy atom. The van der Waals surface area contributed by atoms with Gasteiger partial charge in [-0.25, -0.2) is 0 Å². The third kappa shape index (κ3) is 3.99. The van der Waals surface area contributed by atoms with Gasteiger partial charge in [-0.2, -0.15) is 0 Å². The smallest absolute Gasteiger partial charge is 0.488 e. The monoisotopic (exact) mass is 251 g/mol. The van der Waals surface area contributed by atoms with E-state index in [2.05, 4.69) is 4.90 Å². The minimum atomic E-state index is -1.45. The van der Waals surface area contributed by atoms with Crippen molar-refractivity contribution in [2.45, 2.75) is 0 Å². The molecule has 1 heterocycles. The fourth-order valence-corrected chi connectivity index (χ4v) is 1.88. The molecule has 0 aliphatic carbocycles. The van der Waals surface area contributed by atoms with Gasteiger partial charge in [0.05, 0.1) is 13.2 Å². The molecule has 6 heteroatoms. The summed E-state index contributed by atoms with van der Waals surface area (Å²) in [7, 11) is -1.45. The van der Waals surface area contributed by atoms with Gasteiger partial charge in [-0.1, -0.05) is 12.1 Å². The average molecular weight is 251 g/mol. The highest BCUT2D eigenvalue weighted by Gasteiger charge is 2.12. The van der Waals surface area contributed by atoms with Crippen LogP contribution in [0.3, 0.4) is 0 Å². The van der Waals surface area contributed by atoms with Crippen LogP contribution < -0.4 is 10.2 Å². The molecule has 1 saturated heterocycles. The van der Waals surface area contributed by atoms with Crippen LogP contribution in [-0.2, 0) is 4.74 Å². The normalized spacial score (nSPS) is 16.6. The van der Waals surface area contributed by atoms with E-state index in [-0.39, 0.29) is 0 Å². The second-order valence-electron chi connectivity index (χ2n) is 4.25.